The molecule has 0 radical (unpaired) electrons. The average molecular weight is 258 g/mol. The van der Waals surface area contributed by atoms with Gasteiger partial charge in [-0.2, -0.15) is 5.10 Å². The van der Waals surface area contributed by atoms with E-state index in [1.54, 1.807) is 11.7 Å². The van der Waals surface area contributed by atoms with Gasteiger partial charge in [-0.1, -0.05) is 5.21 Å². The summed E-state index contributed by atoms with van der Waals surface area (Å²) in [5.74, 6) is 0.580. The number of halogens is 1. The van der Waals surface area contributed by atoms with E-state index in [1.807, 2.05) is 0 Å². The number of aryl methyl sites for hydroxylation is 1. The van der Waals surface area contributed by atoms with Crippen LogP contribution in [0.3, 0.4) is 0 Å². The number of rotatable bonds is 2. The van der Waals surface area contributed by atoms with Gasteiger partial charge in [-0.05, 0) is 15.9 Å². The average Bonchev–Trinajstić information content (AvgIpc) is 2.75. The molecule has 0 saturated carbocycles. The lowest BCUT2D eigenvalue weighted by atomic mass is 10.2. The summed E-state index contributed by atoms with van der Waals surface area (Å²) in [5.41, 5.74) is 6.69. The fraction of sp³-hybridized carbons (Fsp3) is 0.333. The summed E-state index contributed by atoms with van der Waals surface area (Å²) in [6.07, 6.45) is 1.41. The van der Waals surface area contributed by atoms with E-state index in [1.165, 1.54) is 6.33 Å². The number of nitrogens with two attached hydrogens (primary N) is 1. The van der Waals surface area contributed by atoms with E-state index in [-0.39, 0.29) is 0 Å². The van der Waals surface area contributed by atoms with Crippen LogP contribution < -0.4 is 5.73 Å². The number of nitrogens with zero attached hydrogens (tertiary/aromatic N) is 5. The molecule has 8 heteroatoms. The van der Waals surface area contributed by atoms with Gasteiger partial charge >= 0.3 is 0 Å². The van der Waals surface area contributed by atoms with E-state index < -0.39 is 6.04 Å². The summed E-state index contributed by atoms with van der Waals surface area (Å²) in [7, 11) is 1.77. The molecule has 0 saturated heterocycles. The van der Waals surface area contributed by atoms with Crippen LogP contribution in [0.1, 0.15) is 17.6 Å². The second-order valence-electron chi connectivity index (χ2n) is 2.74. The van der Waals surface area contributed by atoms with Crippen molar-refractivity contribution >= 4 is 15.9 Å². The Bertz CT molecular complexity index is 400. The quantitative estimate of drug-likeness (QED) is 0.773. The van der Waals surface area contributed by atoms with E-state index in [0.29, 0.717) is 10.4 Å². The molecule has 14 heavy (non-hydrogen) atoms. The van der Waals surface area contributed by atoms with Gasteiger partial charge in [0.05, 0.1) is 5.69 Å². The predicted molar refractivity (Wildman–Crippen MR) is 51.1 cm³/mol. The molecule has 2 aromatic heterocycles. The molecule has 0 amide bonds. The lowest BCUT2D eigenvalue weighted by Gasteiger charge is -2.07. The Kier molecular flexibility index (Phi) is 2.30. The number of hydrogen-bond donors (Lipinski definition) is 2. The second kappa shape index (κ2) is 3.46. The summed E-state index contributed by atoms with van der Waals surface area (Å²) in [5, 5.41) is 14.1. The molecule has 74 valence electrons. The van der Waals surface area contributed by atoms with Crippen LogP contribution >= 0.6 is 15.9 Å². The molecule has 0 aliphatic rings. The molecule has 2 heterocycles. The standard InChI is InChI=1S/C6H8BrN7/c1-14-4(5(7)11-13-14)3(8)6-9-2-10-12-6/h2-3H,8H2,1H3,(H,9,10,12). The smallest absolute Gasteiger partial charge is 0.153 e. The van der Waals surface area contributed by atoms with Crippen molar-refractivity contribution in [2.75, 3.05) is 0 Å². The minimum atomic E-state index is -0.410. The molecule has 0 aliphatic carbocycles. The van der Waals surface area contributed by atoms with Gasteiger partial charge in [0.25, 0.3) is 0 Å². The van der Waals surface area contributed by atoms with Crippen LogP contribution in [0.15, 0.2) is 10.9 Å². The number of aromatic nitrogens is 6. The summed E-state index contributed by atoms with van der Waals surface area (Å²) in [6.45, 7) is 0. The molecular formula is C6H8BrN7. The van der Waals surface area contributed by atoms with Gasteiger partial charge in [0.1, 0.15) is 18.2 Å². The number of nitrogens with one attached hydrogen (secondary N) is 1. The van der Waals surface area contributed by atoms with Crippen LogP contribution in [0.2, 0.25) is 0 Å². The first kappa shape index (κ1) is 9.28. The maximum atomic E-state index is 5.94. The van der Waals surface area contributed by atoms with Gasteiger partial charge in [-0.15, -0.1) is 5.10 Å². The first-order chi connectivity index (χ1) is 6.70. The van der Waals surface area contributed by atoms with Crippen molar-refractivity contribution in [1.82, 2.24) is 30.2 Å². The van der Waals surface area contributed by atoms with Crippen molar-refractivity contribution in [1.29, 1.82) is 0 Å². The van der Waals surface area contributed by atoms with Crippen molar-refractivity contribution in [3.05, 3.63) is 22.4 Å². The van der Waals surface area contributed by atoms with Crippen LogP contribution in [-0.2, 0) is 7.05 Å². The van der Waals surface area contributed by atoms with Crippen LogP contribution in [0.25, 0.3) is 0 Å². The Morgan fingerprint density at radius 1 is 1.64 bits per heavy atom. The molecule has 1 unspecified atom stereocenters. The number of hydrogen-bond acceptors (Lipinski definition) is 5. The first-order valence-electron chi connectivity index (χ1n) is 3.86. The molecule has 1 atom stereocenters. The van der Waals surface area contributed by atoms with Crippen LogP contribution in [-0.4, -0.2) is 30.2 Å². The van der Waals surface area contributed by atoms with Crippen molar-refractivity contribution in [2.24, 2.45) is 12.8 Å². The highest BCUT2D eigenvalue weighted by atomic mass is 79.9. The molecule has 0 fully saturated rings. The van der Waals surface area contributed by atoms with Crippen molar-refractivity contribution in [3.63, 3.8) is 0 Å². The van der Waals surface area contributed by atoms with Gasteiger partial charge in [0, 0.05) is 7.05 Å². The van der Waals surface area contributed by atoms with E-state index in [0.717, 1.165) is 5.69 Å². The predicted octanol–water partition coefficient (Wildman–Crippen LogP) is -0.256. The minimum absolute atomic E-state index is 0.410. The largest absolute Gasteiger partial charge is 0.316 e. The Morgan fingerprint density at radius 2 is 2.43 bits per heavy atom. The Labute approximate surface area is 87.8 Å². The molecule has 3 N–H and O–H groups in total. The zero-order chi connectivity index (χ0) is 10.1. The van der Waals surface area contributed by atoms with E-state index in [9.17, 15) is 0 Å². The fourth-order valence-corrected chi connectivity index (χ4v) is 1.74. The molecule has 2 rings (SSSR count). The third-order valence-corrected chi connectivity index (χ3v) is 2.41. The Morgan fingerprint density at radius 3 is 2.93 bits per heavy atom. The summed E-state index contributed by atoms with van der Waals surface area (Å²) < 4.78 is 2.21. The number of aromatic amines is 1. The first-order valence-corrected chi connectivity index (χ1v) is 4.65. The molecule has 2 aromatic rings. The van der Waals surface area contributed by atoms with Gasteiger partial charge in [0.2, 0.25) is 0 Å². The molecule has 0 bridgehead atoms. The highest BCUT2D eigenvalue weighted by Gasteiger charge is 2.19. The van der Waals surface area contributed by atoms with Crippen LogP contribution in [0.4, 0.5) is 0 Å². The summed E-state index contributed by atoms with van der Waals surface area (Å²) >= 11 is 3.27. The molecule has 0 aromatic carbocycles. The summed E-state index contributed by atoms with van der Waals surface area (Å²) in [6, 6.07) is -0.410. The van der Waals surface area contributed by atoms with Crippen molar-refractivity contribution in [3.8, 4) is 0 Å². The van der Waals surface area contributed by atoms with Crippen molar-refractivity contribution in [2.45, 2.75) is 6.04 Å². The van der Waals surface area contributed by atoms with E-state index >= 15 is 0 Å². The monoisotopic (exact) mass is 257 g/mol. The highest BCUT2D eigenvalue weighted by molar-refractivity contribution is 9.10. The molecule has 0 aliphatic heterocycles. The SMILES string of the molecule is Cn1nnc(Br)c1C(N)c1ncn[nH]1. The van der Waals surface area contributed by atoms with Crippen molar-refractivity contribution < 1.29 is 0 Å². The Balaban J connectivity index is 2.41. The number of H-pyrrole nitrogens is 1. The van der Waals surface area contributed by atoms with E-state index in [2.05, 4.69) is 41.4 Å². The molecule has 7 nitrogen and oxygen atoms in total. The van der Waals surface area contributed by atoms with Crippen LogP contribution in [0.5, 0.6) is 0 Å². The second-order valence-corrected chi connectivity index (χ2v) is 3.49. The van der Waals surface area contributed by atoms with E-state index in [4.69, 9.17) is 5.73 Å². The normalized spacial score (nSPS) is 13.1. The third kappa shape index (κ3) is 1.42. The van der Waals surface area contributed by atoms with Gasteiger partial charge in [-0.3, -0.25) is 5.10 Å². The zero-order valence-electron chi connectivity index (χ0n) is 7.35. The van der Waals surface area contributed by atoms with Gasteiger partial charge in [0.15, 0.2) is 4.60 Å². The maximum absolute atomic E-state index is 5.94. The zero-order valence-corrected chi connectivity index (χ0v) is 8.93. The lowest BCUT2D eigenvalue weighted by Crippen LogP contribution is -2.17. The lowest BCUT2D eigenvalue weighted by molar-refractivity contribution is 0.636. The van der Waals surface area contributed by atoms with Crippen LogP contribution in [0, 0.1) is 0 Å². The maximum Gasteiger partial charge on any atom is 0.153 e. The van der Waals surface area contributed by atoms with Gasteiger partial charge in [-0.25, -0.2) is 9.67 Å². The third-order valence-electron chi connectivity index (χ3n) is 1.85. The minimum Gasteiger partial charge on any atom is -0.316 e. The van der Waals surface area contributed by atoms with Gasteiger partial charge < -0.3 is 5.73 Å². The molecular weight excluding hydrogens is 250 g/mol. The fourth-order valence-electron chi connectivity index (χ4n) is 1.16. The summed E-state index contributed by atoms with van der Waals surface area (Å²) in [4.78, 5) is 3.97. The topological polar surface area (TPSA) is 98.3 Å². The molecule has 0 spiro atoms. The Hall–Kier alpha value is -1.28. The highest BCUT2D eigenvalue weighted by Crippen LogP contribution is 2.21.